The van der Waals surface area contributed by atoms with Crippen molar-refractivity contribution in [2.45, 2.75) is 26.2 Å². The molecule has 0 aliphatic carbocycles. The summed E-state index contributed by atoms with van der Waals surface area (Å²) in [7, 11) is 0. The Morgan fingerprint density at radius 1 is 1.27 bits per heavy atom. The molecule has 0 fully saturated rings. The Morgan fingerprint density at radius 2 is 2.07 bits per heavy atom. The molecule has 15 heavy (non-hydrogen) atoms. The Bertz CT molecular complexity index is 140. The van der Waals surface area contributed by atoms with Gasteiger partial charge in [-0.3, -0.25) is 4.90 Å². The first-order valence-electron chi connectivity index (χ1n) is 6.00. The highest BCUT2D eigenvalue weighted by Crippen LogP contribution is 1.94. The molecule has 0 bridgehead atoms. The summed E-state index contributed by atoms with van der Waals surface area (Å²) in [5.74, 6) is 0. The first-order valence-corrected chi connectivity index (χ1v) is 6.00. The quantitative estimate of drug-likeness (QED) is 0.401. The molecular weight excluding hydrogens is 188 g/mol. The number of hydrogen-bond acceptors (Lipinski definition) is 3. The molecule has 0 unspecified atom stereocenters. The topological polar surface area (TPSA) is 35.5 Å². The monoisotopic (exact) mass is 214 g/mol. The third-order valence-electron chi connectivity index (χ3n) is 2.31. The van der Waals surface area contributed by atoms with E-state index in [1.807, 2.05) is 6.08 Å². The maximum absolute atomic E-state index is 8.85. The minimum absolute atomic E-state index is 0.238. The number of aliphatic hydroxyl groups is 1. The first-order chi connectivity index (χ1) is 7.35. The highest BCUT2D eigenvalue weighted by Gasteiger charge is 2.00. The second-order valence-electron chi connectivity index (χ2n) is 3.77. The van der Waals surface area contributed by atoms with Crippen molar-refractivity contribution in [3.63, 3.8) is 0 Å². The second kappa shape index (κ2) is 11.7. The number of unbranched alkanes of at least 4 members (excludes halogenated alkanes) is 1. The molecule has 0 aromatic rings. The molecule has 0 saturated carbocycles. The number of nitrogens with zero attached hydrogens (tertiary/aromatic N) is 1. The molecule has 3 heteroatoms. The average Bonchev–Trinajstić information content (AvgIpc) is 2.24. The minimum Gasteiger partial charge on any atom is -0.395 e. The fraction of sp³-hybridized carbons (Fsp3) is 0.833. The van der Waals surface area contributed by atoms with Crippen LogP contribution >= 0.6 is 0 Å². The van der Waals surface area contributed by atoms with Crippen LogP contribution in [0.3, 0.4) is 0 Å². The van der Waals surface area contributed by atoms with Crippen molar-refractivity contribution in [3.05, 3.63) is 12.7 Å². The van der Waals surface area contributed by atoms with Crippen LogP contribution in [0.15, 0.2) is 12.7 Å². The molecule has 2 N–H and O–H groups in total. The van der Waals surface area contributed by atoms with E-state index in [4.69, 9.17) is 5.11 Å². The molecule has 0 aromatic carbocycles. The van der Waals surface area contributed by atoms with Crippen LogP contribution < -0.4 is 5.32 Å². The molecule has 0 aromatic heterocycles. The van der Waals surface area contributed by atoms with Crippen LogP contribution in [0.4, 0.5) is 0 Å². The average molecular weight is 214 g/mol. The highest BCUT2D eigenvalue weighted by molar-refractivity contribution is 4.73. The van der Waals surface area contributed by atoms with Crippen LogP contribution in [-0.4, -0.2) is 49.3 Å². The Kier molecular flexibility index (Phi) is 11.4. The SMILES string of the molecule is C=CCN(CCO)CCCCNCCC. The number of rotatable bonds is 11. The molecule has 90 valence electrons. The zero-order valence-electron chi connectivity index (χ0n) is 10.0. The van der Waals surface area contributed by atoms with Crippen LogP contribution in [0.25, 0.3) is 0 Å². The van der Waals surface area contributed by atoms with Crippen molar-refractivity contribution in [1.29, 1.82) is 0 Å². The third kappa shape index (κ3) is 9.91. The van der Waals surface area contributed by atoms with E-state index in [2.05, 4.69) is 23.7 Å². The van der Waals surface area contributed by atoms with Crippen molar-refractivity contribution >= 4 is 0 Å². The van der Waals surface area contributed by atoms with Crippen molar-refractivity contribution in [2.24, 2.45) is 0 Å². The fourth-order valence-electron chi connectivity index (χ4n) is 1.51. The van der Waals surface area contributed by atoms with Gasteiger partial charge < -0.3 is 10.4 Å². The van der Waals surface area contributed by atoms with Crippen LogP contribution in [0.1, 0.15) is 26.2 Å². The van der Waals surface area contributed by atoms with Gasteiger partial charge in [0.25, 0.3) is 0 Å². The zero-order chi connectivity index (χ0) is 11.4. The van der Waals surface area contributed by atoms with Gasteiger partial charge in [-0.1, -0.05) is 13.0 Å². The summed E-state index contributed by atoms with van der Waals surface area (Å²) in [6.07, 6.45) is 5.49. The van der Waals surface area contributed by atoms with Gasteiger partial charge in [-0.15, -0.1) is 6.58 Å². The summed E-state index contributed by atoms with van der Waals surface area (Å²) in [5.41, 5.74) is 0. The third-order valence-corrected chi connectivity index (χ3v) is 2.31. The van der Waals surface area contributed by atoms with Gasteiger partial charge in [-0.2, -0.15) is 0 Å². The van der Waals surface area contributed by atoms with Crippen LogP contribution in [0.2, 0.25) is 0 Å². The molecular formula is C12H26N2O. The number of hydrogen-bond donors (Lipinski definition) is 2. The molecule has 0 amide bonds. The van der Waals surface area contributed by atoms with Crippen molar-refractivity contribution in [2.75, 3.05) is 39.3 Å². The van der Waals surface area contributed by atoms with Gasteiger partial charge >= 0.3 is 0 Å². The lowest BCUT2D eigenvalue weighted by Gasteiger charge is -2.19. The molecule has 0 heterocycles. The summed E-state index contributed by atoms with van der Waals surface area (Å²) in [5, 5.41) is 12.2. The van der Waals surface area contributed by atoms with E-state index in [9.17, 15) is 0 Å². The Hall–Kier alpha value is -0.380. The lowest BCUT2D eigenvalue weighted by molar-refractivity contribution is 0.206. The molecule has 0 saturated heterocycles. The Morgan fingerprint density at radius 3 is 2.67 bits per heavy atom. The van der Waals surface area contributed by atoms with E-state index in [0.29, 0.717) is 0 Å². The smallest absolute Gasteiger partial charge is 0.0558 e. The number of nitrogens with one attached hydrogen (secondary N) is 1. The largest absolute Gasteiger partial charge is 0.395 e. The summed E-state index contributed by atoms with van der Waals surface area (Å²) in [6.45, 7) is 11.1. The first kappa shape index (κ1) is 14.6. The van der Waals surface area contributed by atoms with Crippen molar-refractivity contribution in [1.82, 2.24) is 10.2 Å². The van der Waals surface area contributed by atoms with Gasteiger partial charge in [-0.05, 0) is 38.9 Å². The summed E-state index contributed by atoms with van der Waals surface area (Å²) in [4.78, 5) is 2.23. The van der Waals surface area contributed by atoms with Gasteiger partial charge in [0.1, 0.15) is 0 Å². The minimum atomic E-state index is 0.238. The second-order valence-corrected chi connectivity index (χ2v) is 3.77. The highest BCUT2D eigenvalue weighted by atomic mass is 16.3. The van der Waals surface area contributed by atoms with E-state index in [1.165, 1.54) is 19.3 Å². The lowest BCUT2D eigenvalue weighted by atomic mass is 10.3. The van der Waals surface area contributed by atoms with E-state index in [-0.39, 0.29) is 6.61 Å². The predicted octanol–water partition coefficient (Wildman–Crippen LogP) is 1.25. The van der Waals surface area contributed by atoms with E-state index >= 15 is 0 Å². The van der Waals surface area contributed by atoms with Crippen LogP contribution in [-0.2, 0) is 0 Å². The van der Waals surface area contributed by atoms with Gasteiger partial charge in [0.05, 0.1) is 6.61 Å². The van der Waals surface area contributed by atoms with Gasteiger partial charge in [0.2, 0.25) is 0 Å². The van der Waals surface area contributed by atoms with E-state index in [0.717, 1.165) is 32.7 Å². The van der Waals surface area contributed by atoms with Crippen molar-refractivity contribution in [3.8, 4) is 0 Å². The maximum Gasteiger partial charge on any atom is 0.0558 e. The van der Waals surface area contributed by atoms with Gasteiger partial charge in [-0.25, -0.2) is 0 Å². The summed E-state index contributed by atoms with van der Waals surface area (Å²) >= 11 is 0. The molecule has 0 aliphatic rings. The van der Waals surface area contributed by atoms with Gasteiger partial charge in [0, 0.05) is 13.1 Å². The molecule has 0 rings (SSSR count). The standard InChI is InChI=1S/C12H26N2O/c1-3-7-13-8-5-6-10-14(9-4-2)11-12-15/h4,13,15H,2-3,5-12H2,1H3. The van der Waals surface area contributed by atoms with E-state index in [1.54, 1.807) is 0 Å². The molecule has 0 aliphatic heterocycles. The van der Waals surface area contributed by atoms with Crippen molar-refractivity contribution < 1.29 is 5.11 Å². The molecule has 3 nitrogen and oxygen atoms in total. The number of aliphatic hydroxyl groups excluding tert-OH is 1. The predicted molar refractivity (Wildman–Crippen MR) is 66.1 cm³/mol. The zero-order valence-corrected chi connectivity index (χ0v) is 10.0. The molecule has 0 spiro atoms. The maximum atomic E-state index is 8.85. The van der Waals surface area contributed by atoms with Crippen LogP contribution in [0, 0.1) is 0 Å². The molecule has 0 atom stereocenters. The summed E-state index contributed by atoms with van der Waals surface area (Å²) in [6, 6.07) is 0. The van der Waals surface area contributed by atoms with Gasteiger partial charge in [0.15, 0.2) is 0 Å². The normalized spacial score (nSPS) is 10.9. The van der Waals surface area contributed by atoms with E-state index < -0.39 is 0 Å². The summed E-state index contributed by atoms with van der Waals surface area (Å²) < 4.78 is 0. The molecule has 0 radical (unpaired) electrons. The fourth-order valence-corrected chi connectivity index (χ4v) is 1.51. The Labute approximate surface area is 94.2 Å². The van der Waals surface area contributed by atoms with Crippen LogP contribution in [0.5, 0.6) is 0 Å². The Balaban J connectivity index is 3.32. The lowest BCUT2D eigenvalue weighted by Crippen LogP contribution is -2.28.